The van der Waals surface area contributed by atoms with E-state index in [1.54, 1.807) is 12.1 Å². The number of nitrogens with zero attached hydrogens (tertiary/aromatic N) is 1. The van der Waals surface area contributed by atoms with Crippen LogP contribution in [0.15, 0.2) is 24.3 Å². The number of halogens is 3. The smallest absolute Gasteiger partial charge is 0.164 e. The largest absolute Gasteiger partial charge is 0.314 e. The highest BCUT2D eigenvalue weighted by Crippen LogP contribution is 2.17. The van der Waals surface area contributed by atoms with Crippen molar-refractivity contribution in [2.45, 2.75) is 25.8 Å². The monoisotopic (exact) mass is 336 g/mol. The molecule has 1 fully saturated rings. The molecule has 0 unspecified atom stereocenters. The van der Waals surface area contributed by atoms with Gasteiger partial charge in [-0.25, -0.2) is 4.39 Å². The van der Waals surface area contributed by atoms with Crippen molar-refractivity contribution in [1.82, 2.24) is 10.2 Å². The summed E-state index contributed by atoms with van der Waals surface area (Å²) in [4.78, 5) is 14.4. The Kier molecular flexibility index (Phi) is 8.41. The third kappa shape index (κ3) is 5.55. The van der Waals surface area contributed by atoms with Crippen LogP contribution in [-0.2, 0) is 0 Å². The molecule has 120 valence electrons. The maximum absolute atomic E-state index is 13.1. The average Bonchev–Trinajstić information content (AvgIpc) is 2.36. The van der Waals surface area contributed by atoms with Crippen molar-refractivity contribution < 1.29 is 9.18 Å². The number of carbonyl (C=O) groups is 1. The van der Waals surface area contributed by atoms with Gasteiger partial charge in [0.05, 0.1) is 0 Å². The lowest BCUT2D eigenvalue weighted by Gasteiger charge is -2.42. The Morgan fingerprint density at radius 1 is 1.38 bits per heavy atom. The van der Waals surface area contributed by atoms with Crippen LogP contribution in [0, 0.1) is 5.82 Å². The Morgan fingerprint density at radius 3 is 2.71 bits per heavy atom. The van der Waals surface area contributed by atoms with Gasteiger partial charge in [-0.1, -0.05) is 12.1 Å². The summed E-state index contributed by atoms with van der Waals surface area (Å²) in [5, 5.41) is 3.36. The van der Waals surface area contributed by atoms with Crippen molar-refractivity contribution in [3.8, 4) is 0 Å². The Bertz CT molecular complexity index is 469. The van der Waals surface area contributed by atoms with Crippen LogP contribution in [-0.4, -0.2) is 42.4 Å². The summed E-state index contributed by atoms with van der Waals surface area (Å²) < 4.78 is 13.1. The number of ketones is 1. The zero-order valence-corrected chi connectivity index (χ0v) is 14.0. The molecule has 1 aliphatic heterocycles. The van der Waals surface area contributed by atoms with E-state index < -0.39 is 0 Å². The fourth-order valence-corrected chi connectivity index (χ4v) is 2.48. The van der Waals surface area contributed by atoms with E-state index in [4.69, 9.17) is 0 Å². The highest BCUT2D eigenvalue weighted by atomic mass is 35.5. The van der Waals surface area contributed by atoms with Crippen molar-refractivity contribution in [2.75, 3.05) is 26.2 Å². The van der Waals surface area contributed by atoms with Gasteiger partial charge in [0, 0.05) is 43.7 Å². The molecule has 6 heteroatoms. The third-order valence-electron chi connectivity index (χ3n) is 3.73. The molecule has 1 heterocycles. The number of hydrogen-bond acceptors (Lipinski definition) is 3. The number of Topliss-reactive ketones (excluding diaryl/α,β-unsaturated/α-hetero) is 1. The van der Waals surface area contributed by atoms with Crippen LogP contribution >= 0.6 is 24.8 Å². The number of rotatable bonds is 4. The molecule has 1 N–H and O–H groups in total. The minimum Gasteiger partial charge on any atom is -0.314 e. The zero-order chi connectivity index (χ0) is 13.9. The van der Waals surface area contributed by atoms with E-state index in [9.17, 15) is 9.18 Å². The standard InChI is InChI=1S/C15H21FN2O.2ClH/c1-15(2)11-17-7-9-18(15)8-6-14(19)12-4-3-5-13(16)10-12;;/h3-5,10,17H,6-9,11H2,1-2H3;2*1H. The molecule has 0 aliphatic carbocycles. The second-order valence-electron chi connectivity index (χ2n) is 5.66. The predicted molar refractivity (Wildman–Crippen MR) is 88.4 cm³/mol. The fourth-order valence-electron chi connectivity index (χ4n) is 2.48. The van der Waals surface area contributed by atoms with Crippen molar-refractivity contribution >= 4 is 30.6 Å². The molecule has 0 aromatic heterocycles. The number of carbonyl (C=O) groups excluding carboxylic acids is 1. The molecule has 0 bridgehead atoms. The molecule has 0 saturated carbocycles. The molecule has 0 radical (unpaired) electrons. The van der Waals surface area contributed by atoms with E-state index in [0.717, 1.165) is 26.2 Å². The first-order valence-corrected chi connectivity index (χ1v) is 6.73. The summed E-state index contributed by atoms with van der Waals surface area (Å²) in [5.41, 5.74) is 0.536. The number of hydrogen-bond donors (Lipinski definition) is 1. The molecule has 0 atom stereocenters. The van der Waals surface area contributed by atoms with Gasteiger partial charge in [0.15, 0.2) is 5.78 Å². The first-order chi connectivity index (χ1) is 8.99. The summed E-state index contributed by atoms with van der Waals surface area (Å²) in [5.74, 6) is -0.345. The van der Waals surface area contributed by atoms with E-state index in [1.165, 1.54) is 12.1 Å². The molecule has 3 nitrogen and oxygen atoms in total. The van der Waals surface area contributed by atoms with E-state index in [1.807, 2.05) is 0 Å². The topological polar surface area (TPSA) is 32.3 Å². The molecule has 21 heavy (non-hydrogen) atoms. The lowest BCUT2D eigenvalue weighted by molar-refractivity contribution is 0.0783. The second kappa shape index (κ2) is 8.69. The van der Waals surface area contributed by atoms with Crippen molar-refractivity contribution in [2.24, 2.45) is 0 Å². The molecular weight excluding hydrogens is 314 g/mol. The van der Waals surface area contributed by atoms with Gasteiger partial charge in [0.1, 0.15) is 5.82 Å². The molecular formula is C15H23Cl2FN2O. The van der Waals surface area contributed by atoms with Crippen LogP contribution in [0.25, 0.3) is 0 Å². The highest BCUT2D eigenvalue weighted by molar-refractivity contribution is 5.96. The minimum atomic E-state index is -0.353. The van der Waals surface area contributed by atoms with Gasteiger partial charge in [-0.3, -0.25) is 9.69 Å². The third-order valence-corrected chi connectivity index (χ3v) is 3.73. The van der Waals surface area contributed by atoms with E-state index in [0.29, 0.717) is 12.0 Å². The summed E-state index contributed by atoms with van der Waals surface area (Å²) in [6.45, 7) is 7.91. The van der Waals surface area contributed by atoms with Crippen LogP contribution < -0.4 is 5.32 Å². The second-order valence-corrected chi connectivity index (χ2v) is 5.66. The van der Waals surface area contributed by atoms with E-state index in [2.05, 4.69) is 24.1 Å². The quantitative estimate of drug-likeness (QED) is 0.858. The van der Waals surface area contributed by atoms with Gasteiger partial charge in [-0.2, -0.15) is 0 Å². The average molecular weight is 337 g/mol. The Hall–Kier alpha value is -0.680. The predicted octanol–water partition coefficient (Wildman–Crippen LogP) is 2.93. The van der Waals surface area contributed by atoms with Crippen LogP contribution in [0.3, 0.4) is 0 Å². The summed E-state index contributed by atoms with van der Waals surface area (Å²) in [6.07, 6.45) is 0.437. The molecule has 0 amide bonds. The Balaban J connectivity index is 0.00000200. The number of piperazine rings is 1. The zero-order valence-electron chi connectivity index (χ0n) is 12.4. The summed E-state index contributed by atoms with van der Waals surface area (Å²) in [7, 11) is 0. The molecule has 1 aromatic rings. The van der Waals surface area contributed by atoms with Crippen LogP contribution in [0.4, 0.5) is 4.39 Å². The van der Waals surface area contributed by atoms with E-state index in [-0.39, 0.29) is 42.0 Å². The molecule has 1 aliphatic rings. The lowest BCUT2D eigenvalue weighted by atomic mass is 9.99. The van der Waals surface area contributed by atoms with E-state index >= 15 is 0 Å². The van der Waals surface area contributed by atoms with Gasteiger partial charge in [0.2, 0.25) is 0 Å². The van der Waals surface area contributed by atoms with Gasteiger partial charge in [0.25, 0.3) is 0 Å². The Morgan fingerprint density at radius 2 is 2.10 bits per heavy atom. The molecule has 1 aromatic carbocycles. The lowest BCUT2D eigenvalue weighted by Crippen LogP contribution is -2.58. The molecule has 2 rings (SSSR count). The fraction of sp³-hybridized carbons (Fsp3) is 0.533. The summed E-state index contributed by atoms with van der Waals surface area (Å²) in [6, 6.07) is 5.92. The first-order valence-electron chi connectivity index (χ1n) is 6.73. The SMILES string of the molecule is CC1(C)CNCCN1CCC(=O)c1cccc(F)c1.Cl.Cl. The highest BCUT2D eigenvalue weighted by Gasteiger charge is 2.29. The maximum atomic E-state index is 13.1. The molecule has 0 spiro atoms. The van der Waals surface area contributed by atoms with Gasteiger partial charge >= 0.3 is 0 Å². The summed E-state index contributed by atoms with van der Waals surface area (Å²) >= 11 is 0. The van der Waals surface area contributed by atoms with Crippen LogP contribution in [0.1, 0.15) is 30.6 Å². The maximum Gasteiger partial charge on any atom is 0.164 e. The normalized spacial score (nSPS) is 17.5. The Labute approximate surface area is 138 Å². The van der Waals surface area contributed by atoms with Crippen LogP contribution in [0.5, 0.6) is 0 Å². The van der Waals surface area contributed by atoms with Gasteiger partial charge < -0.3 is 5.32 Å². The first kappa shape index (κ1) is 20.3. The van der Waals surface area contributed by atoms with Gasteiger partial charge in [-0.15, -0.1) is 24.8 Å². The van der Waals surface area contributed by atoms with Crippen molar-refractivity contribution in [3.05, 3.63) is 35.6 Å². The van der Waals surface area contributed by atoms with Crippen LogP contribution in [0.2, 0.25) is 0 Å². The number of nitrogens with one attached hydrogen (secondary N) is 1. The van der Waals surface area contributed by atoms with Crippen molar-refractivity contribution in [3.63, 3.8) is 0 Å². The minimum absolute atomic E-state index is 0. The van der Waals surface area contributed by atoms with Crippen molar-refractivity contribution in [1.29, 1.82) is 0 Å². The molecule has 1 saturated heterocycles. The number of benzene rings is 1. The van der Waals surface area contributed by atoms with Gasteiger partial charge in [-0.05, 0) is 26.0 Å².